The Morgan fingerprint density at radius 3 is 2.29 bits per heavy atom. The van der Waals surface area contributed by atoms with Crippen LogP contribution in [0.1, 0.15) is 34.2 Å². The minimum atomic E-state index is 0.244. The van der Waals surface area contributed by atoms with E-state index in [0.29, 0.717) is 6.54 Å². The number of rotatable bonds is 8. The van der Waals surface area contributed by atoms with E-state index < -0.39 is 0 Å². The summed E-state index contributed by atoms with van der Waals surface area (Å²) < 4.78 is 7.50. The van der Waals surface area contributed by atoms with Gasteiger partial charge in [0.1, 0.15) is 5.75 Å². The third kappa shape index (κ3) is 4.83. The van der Waals surface area contributed by atoms with Crippen molar-refractivity contribution in [1.82, 2.24) is 14.4 Å². The Balaban J connectivity index is 1.61. The van der Waals surface area contributed by atoms with Crippen LogP contribution in [0.15, 0.2) is 30.3 Å². The summed E-state index contributed by atoms with van der Waals surface area (Å²) in [6.45, 7) is 13.0. The molecule has 3 rings (SSSR count). The molecule has 1 fully saturated rings. The van der Waals surface area contributed by atoms with Crippen molar-refractivity contribution in [2.45, 2.75) is 33.7 Å². The van der Waals surface area contributed by atoms with E-state index in [1.807, 2.05) is 12.1 Å². The third-order valence-electron chi connectivity index (χ3n) is 5.94. The summed E-state index contributed by atoms with van der Waals surface area (Å²) in [5.41, 5.74) is 4.40. The Labute approximate surface area is 168 Å². The number of carbonyl (C=O) groups excluding carboxylic acids is 1. The molecule has 2 aromatic rings. The highest BCUT2D eigenvalue weighted by molar-refractivity contribution is 5.99. The molecule has 5 heteroatoms. The van der Waals surface area contributed by atoms with E-state index in [2.05, 4.69) is 53.3 Å². The van der Waals surface area contributed by atoms with Crippen molar-refractivity contribution < 1.29 is 9.53 Å². The molecule has 1 aliphatic heterocycles. The van der Waals surface area contributed by atoms with Crippen molar-refractivity contribution in [1.29, 1.82) is 0 Å². The number of aromatic nitrogens is 1. The van der Waals surface area contributed by atoms with Crippen LogP contribution in [0.4, 0.5) is 0 Å². The van der Waals surface area contributed by atoms with Gasteiger partial charge in [-0.25, -0.2) is 0 Å². The van der Waals surface area contributed by atoms with E-state index >= 15 is 0 Å². The summed E-state index contributed by atoms with van der Waals surface area (Å²) >= 11 is 0. The first kappa shape index (κ1) is 20.6. The summed E-state index contributed by atoms with van der Waals surface area (Å²) in [5, 5.41) is 0. The van der Waals surface area contributed by atoms with Crippen molar-refractivity contribution >= 4 is 5.78 Å². The number of benzene rings is 1. The highest BCUT2D eigenvalue weighted by atomic mass is 16.5. The van der Waals surface area contributed by atoms with Crippen molar-refractivity contribution in [2.24, 2.45) is 0 Å². The van der Waals surface area contributed by atoms with Gasteiger partial charge in [-0.05, 0) is 50.6 Å². The number of aryl methyl sites for hydroxylation is 2. The van der Waals surface area contributed by atoms with Crippen LogP contribution in [0, 0.1) is 13.8 Å². The van der Waals surface area contributed by atoms with Crippen LogP contribution < -0.4 is 4.74 Å². The molecule has 1 aromatic carbocycles. The van der Waals surface area contributed by atoms with E-state index in [0.717, 1.165) is 68.4 Å². The molecular weight excluding hydrogens is 350 g/mol. The fourth-order valence-corrected chi connectivity index (χ4v) is 4.01. The Morgan fingerprint density at radius 2 is 1.68 bits per heavy atom. The maximum Gasteiger partial charge on any atom is 0.178 e. The molecule has 0 radical (unpaired) electrons. The first-order chi connectivity index (χ1) is 13.5. The lowest BCUT2D eigenvalue weighted by atomic mass is 10.1. The van der Waals surface area contributed by atoms with Gasteiger partial charge in [0.15, 0.2) is 5.78 Å². The van der Waals surface area contributed by atoms with Gasteiger partial charge in [-0.3, -0.25) is 9.69 Å². The highest BCUT2D eigenvalue weighted by Gasteiger charge is 2.21. The number of ether oxygens (including phenoxy) is 1. The van der Waals surface area contributed by atoms with E-state index in [4.69, 9.17) is 4.74 Å². The number of likely N-dealkylation sites (N-methyl/N-ethyl adjacent to an activating group) is 1. The first-order valence-corrected chi connectivity index (χ1v) is 10.3. The second kappa shape index (κ2) is 9.39. The van der Waals surface area contributed by atoms with Crippen LogP contribution in [-0.4, -0.2) is 66.5 Å². The average Bonchev–Trinajstić information content (AvgIpc) is 3.01. The molecule has 0 bridgehead atoms. The molecule has 0 aliphatic carbocycles. The lowest BCUT2D eigenvalue weighted by Gasteiger charge is -2.33. The molecule has 28 heavy (non-hydrogen) atoms. The van der Waals surface area contributed by atoms with Crippen LogP contribution in [-0.2, 0) is 13.0 Å². The smallest absolute Gasteiger partial charge is 0.178 e. The number of nitrogens with zero attached hydrogens (tertiary/aromatic N) is 3. The van der Waals surface area contributed by atoms with Gasteiger partial charge in [0.25, 0.3) is 0 Å². The summed E-state index contributed by atoms with van der Waals surface area (Å²) in [6, 6.07) is 10.3. The summed E-state index contributed by atoms with van der Waals surface area (Å²) in [4.78, 5) is 17.6. The zero-order chi connectivity index (χ0) is 20.1. The zero-order valence-corrected chi connectivity index (χ0v) is 17.7. The van der Waals surface area contributed by atoms with Crippen LogP contribution in [0.2, 0.25) is 0 Å². The minimum absolute atomic E-state index is 0.244. The number of hydrogen-bond donors (Lipinski definition) is 0. The summed E-state index contributed by atoms with van der Waals surface area (Å²) in [5.74, 6) is 1.12. The lowest BCUT2D eigenvalue weighted by Crippen LogP contribution is -2.47. The molecule has 0 spiro atoms. The second-order valence-corrected chi connectivity index (χ2v) is 7.67. The molecule has 5 nitrogen and oxygen atoms in total. The molecule has 0 unspecified atom stereocenters. The molecule has 0 N–H and O–H groups in total. The van der Waals surface area contributed by atoms with E-state index in [1.54, 1.807) is 7.11 Å². The fourth-order valence-electron chi connectivity index (χ4n) is 4.01. The predicted molar refractivity (Wildman–Crippen MR) is 113 cm³/mol. The standard InChI is InChI=1S/C23H33N3O2/c1-5-24-12-14-25(15-13-24)17-23(27)22-16-18(2)26(19(22)3)11-10-20-6-8-21(28-4)9-7-20/h6-9,16H,5,10-15,17H2,1-4H3. The summed E-state index contributed by atoms with van der Waals surface area (Å²) in [7, 11) is 1.68. The van der Waals surface area contributed by atoms with Gasteiger partial charge in [0, 0.05) is 49.7 Å². The Morgan fingerprint density at radius 1 is 1.04 bits per heavy atom. The average molecular weight is 384 g/mol. The van der Waals surface area contributed by atoms with Gasteiger partial charge in [-0.1, -0.05) is 19.1 Å². The second-order valence-electron chi connectivity index (χ2n) is 7.67. The monoisotopic (exact) mass is 383 g/mol. The van der Waals surface area contributed by atoms with E-state index in [1.165, 1.54) is 5.56 Å². The number of Topliss-reactive ketones (excluding diaryl/α,β-unsaturated/α-hetero) is 1. The topological polar surface area (TPSA) is 37.7 Å². The van der Waals surface area contributed by atoms with Gasteiger partial charge in [0.05, 0.1) is 13.7 Å². The van der Waals surface area contributed by atoms with Crippen molar-refractivity contribution in [2.75, 3.05) is 46.4 Å². The molecule has 0 saturated carbocycles. The maximum absolute atomic E-state index is 12.9. The molecule has 1 aromatic heterocycles. The number of carbonyl (C=O) groups is 1. The normalized spacial score (nSPS) is 15.7. The number of hydrogen-bond acceptors (Lipinski definition) is 4. The molecule has 1 aliphatic rings. The van der Waals surface area contributed by atoms with Gasteiger partial charge in [-0.15, -0.1) is 0 Å². The number of ketones is 1. The number of methoxy groups -OCH3 is 1. The Hall–Kier alpha value is -2.11. The van der Waals surface area contributed by atoms with Gasteiger partial charge >= 0.3 is 0 Å². The van der Waals surface area contributed by atoms with Crippen molar-refractivity contribution in [3.05, 3.63) is 52.8 Å². The van der Waals surface area contributed by atoms with Crippen LogP contribution in [0.3, 0.4) is 0 Å². The van der Waals surface area contributed by atoms with E-state index in [9.17, 15) is 4.79 Å². The molecule has 1 saturated heterocycles. The SMILES string of the molecule is CCN1CCN(CC(=O)c2cc(C)n(CCc3ccc(OC)cc3)c2C)CC1. The highest BCUT2D eigenvalue weighted by Crippen LogP contribution is 2.18. The molecule has 0 amide bonds. The van der Waals surface area contributed by atoms with Crippen LogP contribution in [0.25, 0.3) is 0 Å². The van der Waals surface area contributed by atoms with Gasteiger partial charge < -0.3 is 14.2 Å². The maximum atomic E-state index is 12.9. The van der Waals surface area contributed by atoms with Crippen molar-refractivity contribution in [3.63, 3.8) is 0 Å². The quantitative estimate of drug-likeness (QED) is 0.656. The van der Waals surface area contributed by atoms with E-state index in [-0.39, 0.29) is 5.78 Å². The van der Waals surface area contributed by atoms with Crippen molar-refractivity contribution in [3.8, 4) is 5.75 Å². The first-order valence-electron chi connectivity index (χ1n) is 10.3. The molecular formula is C23H33N3O2. The third-order valence-corrected chi connectivity index (χ3v) is 5.94. The summed E-state index contributed by atoms with van der Waals surface area (Å²) in [6.07, 6.45) is 0.937. The predicted octanol–water partition coefficient (Wildman–Crippen LogP) is 3.18. The Bertz CT molecular complexity index is 787. The largest absolute Gasteiger partial charge is 0.497 e. The zero-order valence-electron chi connectivity index (χ0n) is 17.7. The number of piperazine rings is 1. The molecule has 152 valence electrons. The van der Waals surface area contributed by atoms with Crippen LogP contribution in [0.5, 0.6) is 5.75 Å². The minimum Gasteiger partial charge on any atom is -0.497 e. The van der Waals surface area contributed by atoms with Crippen LogP contribution >= 0.6 is 0 Å². The molecule has 0 atom stereocenters. The van der Waals surface area contributed by atoms with Gasteiger partial charge in [0.2, 0.25) is 0 Å². The molecule has 2 heterocycles. The lowest BCUT2D eigenvalue weighted by molar-refractivity contribution is 0.0858. The Kier molecular flexibility index (Phi) is 6.92. The fraction of sp³-hybridized carbons (Fsp3) is 0.522. The van der Waals surface area contributed by atoms with Gasteiger partial charge in [-0.2, -0.15) is 0 Å².